The van der Waals surface area contributed by atoms with Gasteiger partial charge in [0.2, 0.25) is 0 Å². The zero-order chi connectivity index (χ0) is 19.6. The largest absolute Gasteiger partial charge is 0.392 e. The molecule has 4 aromatic rings. The number of carbonyl (C=O) groups excluding carboxylic acids is 1. The molecule has 0 radical (unpaired) electrons. The Bertz CT molecular complexity index is 978. The van der Waals surface area contributed by atoms with Crippen LogP contribution in [0.5, 0.6) is 0 Å². The van der Waals surface area contributed by atoms with E-state index in [1.54, 1.807) is 23.3 Å². The number of hydrogen-bond donors (Lipinski definition) is 1. The Morgan fingerprint density at radius 2 is 1.29 bits per heavy atom. The van der Waals surface area contributed by atoms with Crippen LogP contribution in [0.3, 0.4) is 0 Å². The lowest BCUT2D eigenvalue weighted by Gasteiger charge is -2.00. The van der Waals surface area contributed by atoms with Gasteiger partial charge in [-0.25, -0.2) is 0 Å². The van der Waals surface area contributed by atoms with Crippen molar-refractivity contribution >= 4 is 6.29 Å². The predicted octanol–water partition coefficient (Wildman–Crippen LogP) is 3.17. The van der Waals surface area contributed by atoms with Crippen molar-refractivity contribution in [2.45, 2.75) is 19.7 Å². The van der Waals surface area contributed by atoms with Crippen LogP contribution in [0, 0.1) is 0 Å². The highest BCUT2D eigenvalue weighted by Gasteiger charge is 1.98. The third-order valence-corrected chi connectivity index (χ3v) is 4.03. The third kappa shape index (κ3) is 5.75. The first-order valence-corrected chi connectivity index (χ1v) is 8.94. The van der Waals surface area contributed by atoms with E-state index in [4.69, 9.17) is 5.11 Å². The summed E-state index contributed by atoms with van der Waals surface area (Å²) in [6.45, 7) is 1.50. The number of rotatable bonds is 6. The Morgan fingerprint density at radius 1 is 0.750 bits per heavy atom. The van der Waals surface area contributed by atoms with Crippen molar-refractivity contribution in [3.63, 3.8) is 0 Å². The van der Waals surface area contributed by atoms with Gasteiger partial charge in [-0.1, -0.05) is 60.7 Å². The van der Waals surface area contributed by atoms with Crippen LogP contribution in [0.1, 0.15) is 27.0 Å². The molecule has 0 unspecified atom stereocenters. The van der Waals surface area contributed by atoms with E-state index in [1.807, 2.05) is 59.4 Å². The fourth-order valence-electron chi connectivity index (χ4n) is 2.64. The molecule has 2 aromatic heterocycles. The maximum atomic E-state index is 10.4. The molecule has 28 heavy (non-hydrogen) atoms. The molecular weight excluding hydrogens is 352 g/mol. The lowest BCUT2D eigenvalue weighted by molar-refractivity contribution is 0.112. The molecule has 0 aliphatic rings. The zero-order valence-electron chi connectivity index (χ0n) is 15.4. The number of aliphatic hydroxyl groups excluding tert-OH is 1. The van der Waals surface area contributed by atoms with Crippen LogP contribution in [0.2, 0.25) is 0 Å². The Morgan fingerprint density at radius 3 is 1.75 bits per heavy atom. The molecule has 0 bridgehead atoms. The molecule has 0 spiro atoms. The average molecular weight is 374 g/mol. The van der Waals surface area contributed by atoms with E-state index in [0.717, 1.165) is 18.4 Å². The lowest BCUT2D eigenvalue weighted by Crippen LogP contribution is -1.99. The van der Waals surface area contributed by atoms with Crippen molar-refractivity contribution in [3.05, 3.63) is 108 Å². The number of aromatic nitrogens is 4. The standard InChI is InChI=1S/C11H12N2O.C11H10N2O/c2*14-9-11-6-12-13(8-11)7-10-4-2-1-3-5-10/h1-6,8,14H,7,9H2;1-6,8-9H,7H2. The van der Waals surface area contributed by atoms with E-state index < -0.39 is 0 Å². The highest BCUT2D eigenvalue weighted by molar-refractivity contribution is 5.73. The maximum Gasteiger partial charge on any atom is 0.153 e. The Balaban J connectivity index is 0.000000161. The number of aldehydes is 1. The summed E-state index contributed by atoms with van der Waals surface area (Å²) in [6.07, 6.45) is 7.64. The summed E-state index contributed by atoms with van der Waals surface area (Å²) < 4.78 is 3.57. The minimum absolute atomic E-state index is 0.0504. The maximum absolute atomic E-state index is 10.4. The molecule has 2 aromatic carbocycles. The third-order valence-electron chi connectivity index (χ3n) is 4.03. The molecule has 0 saturated heterocycles. The summed E-state index contributed by atoms with van der Waals surface area (Å²) in [4.78, 5) is 10.4. The first-order chi connectivity index (χ1) is 13.8. The number of carbonyl (C=O) groups is 1. The van der Waals surface area contributed by atoms with Gasteiger partial charge in [0.15, 0.2) is 6.29 Å². The summed E-state index contributed by atoms with van der Waals surface area (Å²) in [6, 6.07) is 20.1. The fourth-order valence-corrected chi connectivity index (χ4v) is 2.64. The van der Waals surface area contributed by atoms with Gasteiger partial charge < -0.3 is 5.11 Å². The summed E-state index contributed by atoms with van der Waals surface area (Å²) in [5.74, 6) is 0. The van der Waals surface area contributed by atoms with Crippen molar-refractivity contribution in [2.75, 3.05) is 0 Å². The van der Waals surface area contributed by atoms with Crippen LogP contribution in [-0.2, 0) is 19.7 Å². The fraction of sp³-hybridized carbons (Fsp3) is 0.136. The molecule has 0 aliphatic carbocycles. The van der Waals surface area contributed by atoms with Crippen LogP contribution in [0.15, 0.2) is 85.5 Å². The minimum atomic E-state index is 0.0504. The monoisotopic (exact) mass is 374 g/mol. The van der Waals surface area contributed by atoms with Gasteiger partial charge in [-0.05, 0) is 11.1 Å². The highest BCUT2D eigenvalue weighted by Crippen LogP contribution is 2.04. The second kappa shape index (κ2) is 9.99. The van der Waals surface area contributed by atoms with E-state index in [1.165, 1.54) is 11.1 Å². The Labute approximate surface area is 163 Å². The molecule has 142 valence electrons. The molecule has 0 fully saturated rings. The van der Waals surface area contributed by atoms with Gasteiger partial charge in [-0.2, -0.15) is 10.2 Å². The molecular formula is C22H22N4O2. The molecule has 2 heterocycles. The Kier molecular flexibility index (Phi) is 6.87. The van der Waals surface area contributed by atoms with Crippen molar-refractivity contribution in [3.8, 4) is 0 Å². The van der Waals surface area contributed by atoms with Crippen LogP contribution in [-0.4, -0.2) is 31.0 Å². The van der Waals surface area contributed by atoms with Gasteiger partial charge in [0.1, 0.15) is 0 Å². The molecule has 0 atom stereocenters. The number of nitrogens with zero attached hydrogens (tertiary/aromatic N) is 4. The van der Waals surface area contributed by atoms with Crippen molar-refractivity contribution < 1.29 is 9.90 Å². The van der Waals surface area contributed by atoms with Gasteiger partial charge in [-0.15, -0.1) is 0 Å². The first kappa shape index (κ1) is 19.3. The normalized spacial score (nSPS) is 10.2. The molecule has 0 amide bonds. The van der Waals surface area contributed by atoms with Crippen LogP contribution in [0.4, 0.5) is 0 Å². The summed E-state index contributed by atoms with van der Waals surface area (Å²) in [5, 5.41) is 17.1. The van der Waals surface area contributed by atoms with E-state index >= 15 is 0 Å². The van der Waals surface area contributed by atoms with E-state index in [0.29, 0.717) is 12.1 Å². The van der Waals surface area contributed by atoms with E-state index in [2.05, 4.69) is 22.3 Å². The molecule has 1 N–H and O–H groups in total. The predicted molar refractivity (Wildman–Crippen MR) is 107 cm³/mol. The summed E-state index contributed by atoms with van der Waals surface area (Å²) >= 11 is 0. The minimum Gasteiger partial charge on any atom is -0.392 e. The SMILES string of the molecule is O=Cc1cnn(Cc2ccccc2)c1.OCc1cnn(Cc2ccccc2)c1. The van der Waals surface area contributed by atoms with Gasteiger partial charge in [0.05, 0.1) is 37.7 Å². The molecule has 0 aliphatic heterocycles. The lowest BCUT2D eigenvalue weighted by atomic mass is 10.2. The van der Waals surface area contributed by atoms with Gasteiger partial charge in [0.25, 0.3) is 0 Å². The number of aliphatic hydroxyl groups is 1. The number of benzene rings is 2. The van der Waals surface area contributed by atoms with E-state index in [-0.39, 0.29) is 6.61 Å². The topological polar surface area (TPSA) is 72.9 Å². The second-order valence-corrected chi connectivity index (χ2v) is 6.26. The summed E-state index contributed by atoms with van der Waals surface area (Å²) in [5.41, 5.74) is 3.84. The average Bonchev–Trinajstić information content (AvgIpc) is 3.39. The summed E-state index contributed by atoms with van der Waals surface area (Å²) in [7, 11) is 0. The van der Waals surface area contributed by atoms with Crippen molar-refractivity contribution in [1.82, 2.24) is 19.6 Å². The van der Waals surface area contributed by atoms with Crippen molar-refractivity contribution in [1.29, 1.82) is 0 Å². The van der Waals surface area contributed by atoms with Crippen LogP contribution in [0.25, 0.3) is 0 Å². The second-order valence-electron chi connectivity index (χ2n) is 6.26. The van der Waals surface area contributed by atoms with Crippen molar-refractivity contribution in [2.24, 2.45) is 0 Å². The van der Waals surface area contributed by atoms with E-state index in [9.17, 15) is 4.79 Å². The van der Waals surface area contributed by atoms with Gasteiger partial charge in [0, 0.05) is 18.0 Å². The molecule has 6 nitrogen and oxygen atoms in total. The zero-order valence-corrected chi connectivity index (χ0v) is 15.4. The van der Waals surface area contributed by atoms with Gasteiger partial charge in [-0.3, -0.25) is 14.2 Å². The molecule has 6 heteroatoms. The smallest absolute Gasteiger partial charge is 0.153 e. The highest BCUT2D eigenvalue weighted by atomic mass is 16.3. The quantitative estimate of drug-likeness (QED) is 0.526. The first-order valence-electron chi connectivity index (χ1n) is 8.94. The van der Waals surface area contributed by atoms with Gasteiger partial charge >= 0.3 is 0 Å². The van der Waals surface area contributed by atoms with Crippen LogP contribution < -0.4 is 0 Å². The van der Waals surface area contributed by atoms with Crippen LogP contribution >= 0.6 is 0 Å². The molecule has 0 saturated carbocycles. The number of hydrogen-bond acceptors (Lipinski definition) is 4. The Hall–Kier alpha value is -3.51. The molecule has 4 rings (SSSR count).